The Morgan fingerprint density at radius 2 is 2.58 bits per heavy atom. The third kappa shape index (κ3) is 2.22. The Morgan fingerprint density at radius 3 is 3.17 bits per heavy atom. The molecule has 0 saturated carbocycles. The number of hydrogen-bond acceptors (Lipinski definition) is 4. The average molecular weight is 202 g/mol. The van der Waals surface area contributed by atoms with E-state index in [2.05, 4.69) is 22.9 Å². The Hall–Kier alpha value is -0.550. The van der Waals surface area contributed by atoms with E-state index in [9.17, 15) is 4.79 Å². The zero-order chi connectivity index (χ0) is 8.97. The number of aromatic nitrogens is 1. The largest absolute Gasteiger partial charge is 0.354 e. The monoisotopic (exact) mass is 202 g/mol. The van der Waals surface area contributed by atoms with Crippen LogP contribution in [0.4, 0.5) is 0 Å². The molecule has 0 aromatic carbocycles. The highest BCUT2D eigenvalue weighted by atomic mass is 32.1. The molecular weight excluding hydrogens is 192 g/mol. The van der Waals surface area contributed by atoms with Gasteiger partial charge in [0.25, 0.3) is 5.91 Å². The number of amides is 1. The number of rotatable bonds is 3. The fraction of sp³-hybridized carbons (Fsp3) is 0.429. The number of thiol groups is 1. The summed E-state index contributed by atoms with van der Waals surface area (Å²) in [4.78, 5) is 15.2. The van der Waals surface area contributed by atoms with Crippen molar-refractivity contribution in [3.63, 3.8) is 0 Å². The van der Waals surface area contributed by atoms with Gasteiger partial charge in [-0.25, -0.2) is 4.98 Å². The Balaban J connectivity index is 2.70. The van der Waals surface area contributed by atoms with Crippen LogP contribution in [-0.4, -0.2) is 23.7 Å². The third-order valence-electron chi connectivity index (χ3n) is 1.34. The van der Waals surface area contributed by atoms with Crippen molar-refractivity contribution >= 4 is 29.9 Å². The molecule has 1 aromatic heterocycles. The van der Waals surface area contributed by atoms with Crippen molar-refractivity contribution in [2.75, 3.05) is 12.8 Å². The summed E-state index contributed by atoms with van der Waals surface area (Å²) in [5.74, 6) is 0.636. The van der Waals surface area contributed by atoms with Gasteiger partial charge in [0.1, 0.15) is 5.69 Å². The van der Waals surface area contributed by atoms with E-state index < -0.39 is 0 Å². The first-order chi connectivity index (χ1) is 5.77. The molecule has 0 radical (unpaired) electrons. The molecule has 12 heavy (non-hydrogen) atoms. The van der Waals surface area contributed by atoms with Gasteiger partial charge < -0.3 is 5.32 Å². The van der Waals surface area contributed by atoms with Gasteiger partial charge in [-0.1, -0.05) is 0 Å². The van der Waals surface area contributed by atoms with Crippen molar-refractivity contribution in [2.45, 2.75) is 6.42 Å². The van der Waals surface area contributed by atoms with E-state index in [0.717, 1.165) is 17.2 Å². The molecule has 0 unspecified atom stereocenters. The van der Waals surface area contributed by atoms with E-state index in [1.807, 2.05) is 0 Å². The van der Waals surface area contributed by atoms with E-state index in [1.54, 1.807) is 12.4 Å². The molecular formula is C7H10N2OS2. The van der Waals surface area contributed by atoms with Crippen molar-refractivity contribution in [2.24, 2.45) is 0 Å². The molecule has 0 aliphatic carbocycles. The van der Waals surface area contributed by atoms with Crippen LogP contribution in [0.25, 0.3) is 0 Å². The molecule has 0 aliphatic rings. The summed E-state index contributed by atoms with van der Waals surface area (Å²) in [7, 11) is 1.60. The smallest absolute Gasteiger partial charge is 0.270 e. The number of carbonyl (C=O) groups is 1. The minimum absolute atomic E-state index is 0.128. The highest BCUT2D eigenvalue weighted by Crippen LogP contribution is 2.10. The topological polar surface area (TPSA) is 42.0 Å². The Labute approximate surface area is 80.6 Å². The van der Waals surface area contributed by atoms with Crippen molar-refractivity contribution < 1.29 is 4.79 Å². The van der Waals surface area contributed by atoms with Gasteiger partial charge in [0, 0.05) is 18.8 Å². The number of nitrogens with zero attached hydrogens (tertiary/aromatic N) is 1. The second kappa shape index (κ2) is 4.47. The number of carbonyl (C=O) groups excluding carboxylic acids is 1. The summed E-state index contributed by atoms with van der Waals surface area (Å²) >= 11 is 5.58. The van der Waals surface area contributed by atoms with E-state index in [0.29, 0.717) is 5.69 Å². The lowest BCUT2D eigenvalue weighted by Crippen LogP contribution is -2.18. The Morgan fingerprint density at radius 1 is 1.83 bits per heavy atom. The van der Waals surface area contributed by atoms with Crippen LogP contribution in [0.15, 0.2) is 5.38 Å². The summed E-state index contributed by atoms with van der Waals surface area (Å²) in [6, 6.07) is 0. The number of thiazole rings is 1. The molecule has 0 saturated heterocycles. The molecule has 3 nitrogen and oxygen atoms in total. The maximum Gasteiger partial charge on any atom is 0.270 e. The fourth-order valence-corrected chi connectivity index (χ4v) is 1.90. The standard InChI is InChI=1S/C7H10N2OS2/c1-8-7(10)5-4-12-6(9-5)2-3-11/h4,11H,2-3H2,1H3,(H,8,10). The first-order valence-corrected chi connectivity index (χ1v) is 5.06. The zero-order valence-electron chi connectivity index (χ0n) is 6.70. The van der Waals surface area contributed by atoms with Gasteiger partial charge in [0.15, 0.2) is 0 Å². The zero-order valence-corrected chi connectivity index (χ0v) is 8.41. The summed E-state index contributed by atoms with van der Waals surface area (Å²) in [6.45, 7) is 0. The Kier molecular flexibility index (Phi) is 3.55. The van der Waals surface area contributed by atoms with Crippen LogP contribution in [0, 0.1) is 0 Å². The first-order valence-electron chi connectivity index (χ1n) is 3.55. The molecule has 5 heteroatoms. The second-order valence-electron chi connectivity index (χ2n) is 2.18. The SMILES string of the molecule is CNC(=O)c1csc(CCS)n1. The molecule has 0 aliphatic heterocycles. The molecule has 1 N–H and O–H groups in total. The van der Waals surface area contributed by atoms with E-state index in [4.69, 9.17) is 0 Å². The summed E-state index contributed by atoms with van der Waals surface area (Å²) < 4.78 is 0. The molecule has 66 valence electrons. The lowest BCUT2D eigenvalue weighted by molar-refractivity contribution is 0.0958. The Bertz CT molecular complexity index is 272. The van der Waals surface area contributed by atoms with E-state index >= 15 is 0 Å². The van der Waals surface area contributed by atoms with Crippen LogP contribution in [0.2, 0.25) is 0 Å². The predicted octanol–water partition coefficient (Wildman–Crippen LogP) is 0.975. The van der Waals surface area contributed by atoms with Crippen LogP contribution in [-0.2, 0) is 6.42 Å². The van der Waals surface area contributed by atoms with Gasteiger partial charge in [0.2, 0.25) is 0 Å². The second-order valence-corrected chi connectivity index (χ2v) is 3.57. The molecule has 0 spiro atoms. The van der Waals surface area contributed by atoms with Crippen LogP contribution in [0.3, 0.4) is 0 Å². The highest BCUT2D eigenvalue weighted by Gasteiger charge is 2.07. The van der Waals surface area contributed by atoms with Crippen molar-refractivity contribution in [3.8, 4) is 0 Å². The maximum atomic E-state index is 11.0. The van der Waals surface area contributed by atoms with Crippen molar-refractivity contribution in [1.29, 1.82) is 0 Å². The number of nitrogens with one attached hydrogen (secondary N) is 1. The molecule has 1 rings (SSSR count). The number of hydrogen-bond donors (Lipinski definition) is 2. The summed E-state index contributed by atoms with van der Waals surface area (Å²) in [5.41, 5.74) is 0.499. The lowest BCUT2D eigenvalue weighted by Gasteiger charge is -1.91. The van der Waals surface area contributed by atoms with Gasteiger partial charge in [-0.2, -0.15) is 12.6 Å². The lowest BCUT2D eigenvalue weighted by atomic mass is 10.4. The quantitative estimate of drug-likeness (QED) is 0.717. The minimum Gasteiger partial charge on any atom is -0.354 e. The first kappa shape index (κ1) is 9.54. The third-order valence-corrected chi connectivity index (χ3v) is 2.47. The van der Waals surface area contributed by atoms with Crippen molar-refractivity contribution in [3.05, 3.63) is 16.1 Å². The molecule has 0 atom stereocenters. The molecule has 0 fully saturated rings. The van der Waals surface area contributed by atoms with Gasteiger partial charge >= 0.3 is 0 Å². The van der Waals surface area contributed by atoms with Gasteiger partial charge in [-0.05, 0) is 5.75 Å². The highest BCUT2D eigenvalue weighted by molar-refractivity contribution is 7.80. The van der Waals surface area contributed by atoms with Gasteiger partial charge in [-0.3, -0.25) is 4.79 Å². The van der Waals surface area contributed by atoms with E-state index in [1.165, 1.54) is 11.3 Å². The molecule has 0 bridgehead atoms. The summed E-state index contributed by atoms with van der Waals surface area (Å²) in [6.07, 6.45) is 0.824. The van der Waals surface area contributed by atoms with E-state index in [-0.39, 0.29) is 5.91 Å². The van der Waals surface area contributed by atoms with Gasteiger partial charge in [-0.15, -0.1) is 11.3 Å². The normalized spacial score (nSPS) is 9.83. The average Bonchev–Trinajstić information content (AvgIpc) is 2.52. The molecule has 1 heterocycles. The molecule has 1 aromatic rings. The van der Waals surface area contributed by atoms with Crippen LogP contribution >= 0.6 is 24.0 Å². The molecule has 1 amide bonds. The van der Waals surface area contributed by atoms with Gasteiger partial charge in [0.05, 0.1) is 5.01 Å². The van der Waals surface area contributed by atoms with Crippen LogP contribution in [0.5, 0.6) is 0 Å². The van der Waals surface area contributed by atoms with Crippen LogP contribution in [0.1, 0.15) is 15.5 Å². The van der Waals surface area contributed by atoms with Crippen LogP contribution < -0.4 is 5.32 Å². The van der Waals surface area contributed by atoms with Crippen molar-refractivity contribution in [1.82, 2.24) is 10.3 Å². The maximum absolute atomic E-state index is 11.0. The predicted molar refractivity (Wildman–Crippen MR) is 53.1 cm³/mol. The number of aryl methyl sites for hydroxylation is 1. The fourth-order valence-electron chi connectivity index (χ4n) is 0.754. The summed E-state index contributed by atoms with van der Waals surface area (Å²) in [5, 5.41) is 5.25. The minimum atomic E-state index is -0.128.